The minimum Gasteiger partial charge on any atom is -0.396 e. The van der Waals surface area contributed by atoms with Crippen LogP contribution in [0.5, 0.6) is 0 Å². The summed E-state index contributed by atoms with van der Waals surface area (Å²) in [5.74, 6) is 3.06. The summed E-state index contributed by atoms with van der Waals surface area (Å²) in [4.78, 5) is 0. The van der Waals surface area contributed by atoms with E-state index in [9.17, 15) is 5.11 Å². The van der Waals surface area contributed by atoms with Crippen LogP contribution in [-0.2, 0) is 0 Å². The lowest BCUT2D eigenvalue weighted by Gasteiger charge is -2.53. The molecule has 0 amide bonds. The van der Waals surface area contributed by atoms with Crippen LogP contribution in [-0.4, -0.2) is 11.7 Å². The standard InChI is InChI=1S/C27H44O/c1-19(18-28)8-7-9-20(2)23-13-14-24-22-12-11-21-10-5-6-16-26(21,3)25(22)15-17-27(23,24)4/h14,19-21,23,28H,5-13,15-18H2,1-4H3/t19?,20-,21?,23-,26+,27-/m1/s1. The lowest BCUT2D eigenvalue weighted by molar-refractivity contribution is 0.106. The Balaban J connectivity index is 1.50. The summed E-state index contributed by atoms with van der Waals surface area (Å²) in [5.41, 5.74) is 6.48. The van der Waals surface area contributed by atoms with Gasteiger partial charge in [0.15, 0.2) is 0 Å². The van der Waals surface area contributed by atoms with E-state index in [0.29, 0.717) is 23.4 Å². The summed E-state index contributed by atoms with van der Waals surface area (Å²) in [6.07, 6.45) is 19.2. The van der Waals surface area contributed by atoms with Crippen molar-refractivity contribution >= 4 is 0 Å². The van der Waals surface area contributed by atoms with Gasteiger partial charge >= 0.3 is 0 Å². The third-order valence-electron chi connectivity index (χ3n) is 9.78. The van der Waals surface area contributed by atoms with E-state index in [4.69, 9.17) is 0 Å². The van der Waals surface area contributed by atoms with E-state index in [1.165, 1.54) is 77.0 Å². The highest BCUT2D eigenvalue weighted by molar-refractivity contribution is 5.49. The molecule has 0 aliphatic heterocycles. The summed E-state index contributed by atoms with van der Waals surface area (Å²) < 4.78 is 0. The predicted octanol–water partition coefficient (Wildman–Crippen LogP) is 7.45. The van der Waals surface area contributed by atoms with Gasteiger partial charge in [0, 0.05) is 6.61 Å². The number of allylic oxidation sites excluding steroid dienone is 4. The van der Waals surface area contributed by atoms with Gasteiger partial charge in [0.25, 0.3) is 0 Å². The van der Waals surface area contributed by atoms with Gasteiger partial charge in [-0.3, -0.25) is 0 Å². The average Bonchev–Trinajstić information content (AvgIpc) is 3.04. The second kappa shape index (κ2) is 7.93. The maximum Gasteiger partial charge on any atom is 0.0456 e. The number of aliphatic hydroxyl groups is 1. The normalized spacial score (nSPS) is 39.7. The molecule has 1 nitrogen and oxygen atoms in total. The third kappa shape index (κ3) is 3.34. The first-order valence-electron chi connectivity index (χ1n) is 12.4. The first-order valence-corrected chi connectivity index (χ1v) is 12.4. The van der Waals surface area contributed by atoms with E-state index in [2.05, 4.69) is 33.8 Å². The van der Waals surface area contributed by atoms with Crippen molar-refractivity contribution in [1.82, 2.24) is 0 Å². The molecule has 0 saturated heterocycles. The van der Waals surface area contributed by atoms with Crippen LogP contribution in [0.25, 0.3) is 0 Å². The van der Waals surface area contributed by atoms with E-state index in [1.807, 2.05) is 11.1 Å². The smallest absolute Gasteiger partial charge is 0.0456 e. The zero-order chi connectivity index (χ0) is 19.9. The molecule has 28 heavy (non-hydrogen) atoms. The maximum atomic E-state index is 9.31. The van der Waals surface area contributed by atoms with Gasteiger partial charge in [0.05, 0.1) is 0 Å². The summed E-state index contributed by atoms with van der Waals surface area (Å²) in [6.45, 7) is 10.3. The lowest BCUT2D eigenvalue weighted by Crippen LogP contribution is -2.41. The highest BCUT2D eigenvalue weighted by Gasteiger charge is 2.52. The van der Waals surface area contributed by atoms with Crippen LogP contribution in [0.2, 0.25) is 0 Å². The van der Waals surface area contributed by atoms with Crippen molar-refractivity contribution in [3.63, 3.8) is 0 Å². The molecule has 0 aromatic heterocycles. The van der Waals surface area contributed by atoms with Gasteiger partial charge in [-0.15, -0.1) is 0 Å². The van der Waals surface area contributed by atoms with Crippen molar-refractivity contribution < 1.29 is 5.11 Å². The Labute approximate surface area is 174 Å². The molecule has 0 aromatic rings. The topological polar surface area (TPSA) is 20.2 Å². The van der Waals surface area contributed by atoms with Gasteiger partial charge in [-0.05, 0) is 97.0 Å². The predicted molar refractivity (Wildman–Crippen MR) is 119 cm³/mol. The summed E-state index contributed by atoms with van der Waals surface area (Å²) in [6, 6.07) is 0. The van der Waals surface area contributed by atoms with Gasteiger partial charge in [-0.1, -0.05) is 65.0 Å². The van der Waals surface area contributed by atoms with Gasteiger partial charge in [0.2, 0.25) is 0 Å². The molecule has 1 N–H and O–H groups in total. The molecule has 6 atom stereocenters. The van der Waals surface area contributed by atoms with Gasteiger partial charge in [-0.2, -0.15) is 0 Å². The number of aliphatic hydroxyl groups excluding tert-OH is 1. The van der Waals surface area contributed by atoms with Crippen LogP contribution in [0.15, 0.2) is 22.8 Å². The minimum atomic E-state index is 0.345. The molecule has 4 aliphatic rings. The van der Waals surface area contributed by atoms with E-state index >= 15 is 0 Å². The average molecular weight is 385 g/mol. The fourth-order valence-corrected chi connectivity index (χ4v) is 7.87. The summed E-state index contributed by atoms with van der Waals surface area (Å²) in [5, 5.41) is 9.31. The van der Waals surface area contributed by atoms with Crippen molar-refractivity contribution in [3.05, 3.63) is 22.8 Å². The Morgan fingerprint density at radius 2 is 1.86 bits per heavy atom. The molecule has 1 heteroatoms. The summed E-state index contributed by atoms with van der Waals surface area (Å²) in [7, 11) is 0. The van der Waals surface area contributed by atoms with Crippen molar-refractivity contribution in [2.24, 2.45) is 34.5 Å². The molecule has 0 bridgehead atoms. The first-order chi connectivity index (χ1) is 13.4. The molecule has 0 aromatic carbocycles. The van der Waals surface area contributed by atoms with E-state index in [1.54, 1.807) is 5.57 Å². The van der Waals surface area contributed by atoms with Crippen LogP contribution < -0.4 is 0 Å². The number of fused-ring (bicyclic) bond motifs is 4. The van der Waals surface area contributed by atoms with Crippen LogP contribution in [0.3, 0.4) is 0 Å². The highest BCUT2D eigenvalue weighted by atomic mass is 16.3. The fraction of sp³-hybridized carbons (Fsp3) is 0.852. The zero-order valence-corrected chi connectivity index (χ0v) is 19.0. The second-order valence-corrected chi connectivity index (χ2v) is 11.4. The Hall–Kier alpha value is -0.560. The Morgan fingerprint density at radius 1 is 1.04 bits per heavy atom. The van der Waals surface area contributed by atoms with E-state index in [0.717, 1.165) is 17.8 Å². The van der Waals surface area contributed by atoms with E-state index in [-0.39, 0.29) is 0 Å². The number of rotatable bonds is 6. The van der Waals surface area contributed by atoms with Crippen molar-refractivity contribution in [3.8, 4) is 0 Å². The zero-order valence-electron chi connectivity index (χ0n) is 19.0. The Morgan fingerprint density at radius 3 is 2.64 bits per heavy atom. The molecule has 0 radical (unpaired) electrons. The first kappa shape index (κ1) is 20.7. The second-order valence-electron chi connectivity index (χ2n) is 11.4. The molecular formula is C27H44O. The third-order valence-corrected chi connectivity index (χ3v) is 9.78. The van der Waals surface area contributed by atoms with Crippen LogP contribution in [0, 0.1) is 34.5 Å². The Kier molecular flexibility index (Phi) is 5.87. The lowest BCUT2D eigenvalue weighted by atomic mass is 9.52. The monoisotopic (exact) mass is 384 g/mol. The fourth-order valence-electron chi connectivity index (χ4n) is 7.87. The van der Waals surface area contributed by atoms with Crippen LogP contribution in [0.4, 0.5) is 0 Å². The van der Waals surface area contributed by atoms with E-state index < -0.39 is 0 Å². The van der Waals surface area contributed by atoms with Crippen molar-refractivity contribution in [1.29, 1.82) is 0 Å². The highest BCUT2D eigenvalue weighted by Crippen LogP contribution is 2.64. The molecule has 4 rings (SSSR count). The van der Waals surface area contributed by atoms with Gasteiger partial charge in [0.1, 0.15) is 0 Å². The largest absolute Gasteiger partial charge is 0.396 e. The number of hydrogen-bond acceptors (Lipinski definition) is 1. The number of hydrogen-bond donors (Lipinski definition) is 1. The Bertz CT molecular complexity index is 643. The van der Waals surface area contributed by atoms with Crippen LogP contribution in [0.1, 0.15) is 105 Å². The molecular weight excluding hydrogens is 340 g/mol. The molecule has 0 heterocycles. The van der Waals surface area contributed by atoms with Crippen molar-refractivity contribution in [2.45, 2.75) is 105 Å². The summed E-state index contributed by atoms with van der Waals surface area (Å²) >= 11 is 0. The van der Waals surface area contributed by atoms with Crippen molar-refractivity contribution in [2.75, 3.05) is 6.61 Å². The molecule has 158 valence electrons. The molecule has 2 unspecified atom stereocenters. The molecule has 1 saturated carbocycles. The van der Waals surface area contributed by atoms with Gasteiger partial charge in [-0.25, -0.2) is 0 Å². The maximum absolute atomic E-state index is 9.31. The minimum absolute atomic E-state index is 0.345. The van der Waals surface area contributed by atoms with Crippen LogP contribution >= 0.6 is 0 Å². The molecule has 0 spiro atoms. The quantitative estimate of drug-likeness (QED) is 0.504. The molecule has 4 aliphatic carbocycles. The SMILES string of the molecule is CC(CO)CCC[C@@H](C)[C@H]1CC=C2C3=C(CC[C@@]21C)[C@@]1(C)CCCCC1CC3. The molecule has 1 fully saturated rings. The van der Waals surface area contributed by atoms with Gasteiger partial charge < -0.3 is 5.11 Å².